The highest BCUT2D eigenvalue weighted by Crippen LogP contribution is 2.35. The third-order valence-corrected chi connectivity index (χ3v) is 3.42. The lowest BCUT2D eigenvalue weighted by atomic mass is 10.2. The molecule has 0 saturated carbocycles. The number of nitrogens with zero attached hydrogens (tertiary/aromatic N) is 1. The van der Waals surface area contributed by atoms with Crippen LogP contribution in [0.25, 0.3) is 0 Å². The molecular formula is C15H22ClNO4. The molecule has 1 N–H and O–H groups in total. The van der Waals surface area contributed by atoms with Crippen molar-refractivity contribution in [3.05, 3.63) is 22.7 Å². The molecule has 1 aromatic rings. The minimum absolute atomic E-state index is 0.110. The van der Waals surface area contributed by atoms with Crippen molar-refractivity contribution in [3.63, 3.8) is 0 Å². The second-order valence-corrected chi connectivity index (χ2v) is 4.96. The molecule has 6 heteroatoms. The molecule has 0 aliphatic heterocycles. The summed E-state index contributed by atoms with van der Waals surface area (Å²) in [5.41, 5.74) is 0.485. The van der Waals surface area contributed by atoms with Crippen LogP contribution in [0, 0.1) is 0 Å². The lowest BCUT2D eigenvalue weighted by molar-refractivity contribution is -0.137. The molecule has 0 aromatic heterocycles. The number of carbonyl (C=O) groups is 1. The number of methoxy groups -OCH3 is 1. The van der Waals surface area contributed by atoms with E-state index in [1.54, 1.807) is 24.0 Å². The first-order valence-electron chi connectivity index (χ1n) is 6.91. The van der Waals surface area contributed by atoms with E-state index in [2.05, 4.69) is 0 Å². The molecule has 0 bridgehead atoms. The van der Waals surface area contributed by atoms with Gasteiger partial charge in [-0.25, -0.2) is 0 Å². The number of aliphatic hydroxyl groups excluding tert-OH is 1. The highest BCUT2D eigenvalue weighted by atomic mass is 35.5. The Bertz CT molecular complexity index is 464. The fraction of sp³-hybridized carbons (Fsp3) is 0.533. The monoisotopic (exact) mass is 315 g/mol. The summed E-state index contributed by atoms with van der Waals surface area (Å²) in [5, 5.41) is 9.86. The molecule has 1 amide bonds. The van der Waals surface area contributed by atoms with Gasteiger partial charge in [-0.3, -0.25) is 4.79 Å². The van der Waals surface area contributed by atoms with Crippen molar-refractivity contribution in [1.82, 2.24) is 4.90 Å². The van der Waals surface area contributed by atoms with Gasteiger partial charge in [-0.2, -0.15) is 0 Å². The summed E-state index contributed by atoms with van der Waals surface area (Å²) in [6.45, 7) is 6.49. The number of amides is 1. The zero-order valence-corrected chi connectivity index (χ0v) is 13.6. The molecule has 1 unspecified atom stereocenters. The number of aliphatic hydroxyl groups is 1. The number of hydrogen-bond donors (Lipinski definition) is 1. The zero-order chi connectivity index (χ0) is 16.0. The molecule has 0 heterocycles. The van der Waals surface area contributed by atoms with Crippen molar-refractivity contribution < 1.29 is 19.4 Å². The Morgan fingerprint density at radius 1 is 1.38 bits per heavy atom. The van der Waals surface area contributed by atoms with E-state index in [1.807, 2.05) is 13.8 Å². The van der Waals surface area contributed by atoms with Crippen LogP contribution in [0.4, 0.5) is 0 Å². The number of hydrogen-bond acceptors (Lipinski definition) is 4. The van der Waals surface area contributed by atoms with Crippen molar-refractivity contribution in [1.29, 1.82) is 0 Å². The highest BCUT2D eigenvalue weighted by Gasteiger charge is 2.23. The number of halogens is 1. The molecular weight excluding hydrogens is 294 g/mol. The van der Waals surface area contributed by atoms with E-state index in [0.717, 1.165) is 0 Å². The maximum Gasteiger partial charge on any atom is 0.263 e. The lowest BCUT2D eigenvalue weighted by Crippen LogP contribution is -2.40. The molecule has 5 nitrogen and oxygen atoms in total. The van der Waals surface area contributed by atoms with Crippen molar-refractivity contribution in [3.8, 4) is 11.5 Å². The van der Waals surface area contributed by atoms with E-state index in [-0.39, 0.29) is 12.5 Å². The van der Waals surface area contributed by atoms with Gasteiger partial charge in [-0.15, -0.1) is 0 Å². The molecule has 0 saturated heterocycles. The van der Waals surface area contributed by atoms with Crippen molar-refractivity contribution >= 4 is 17.5 Å². The van der Waals surface area contributed by atoms with Gasteiger partial charge in [0.05, 0.1) is 13.7 Å². The van der Waals surface area contributed by atoms with Crippen LogP contribution in [0.2, 0.25) is 5.02 Å². The molecule has 0 spiro atoms. The van der Waals surface area contributed by atoms with Gasteiger partial charge in [0, 0.05) is 29.7 Å². The van der Waals surface area contributed by atoms with Crippen LogP contribution in [-0.2, 0) is 11.4 Å². The third-order valence-electron chi connectivity index (χ3n) is 3.20. The number of likely N-dealkylation sites (N-methyl/N-ethyl adjacent to an activating group) is 1. The fourth-order valence-corrected chi connectivity index (χ4v) is 2.28. The minimum atomic E-state index is -0.676. The second-order valence-electron chi connectivity index (χ2n) is 4.53. The van der Waals surface area contributed by atoms with Crippen LogP contribution >= 0.6 is 11.6 Å². The normalized spacial score (nSPS) is 11.9. The van der Waals surface area contributed by atoms with E-state index >= 15 is 0 Å². The summed E-state index contributed by atoms with van der Waals surface area (Å²) in [6, 6.07) is 3.18. The largest absolute Gasteiger partial charge is 0.493 e. The Morgan fingerprint density at radius 3 is 2.48 bits per heavy atom. The molecule has 0 aliphatic carbocycles. The molecule has 0 aliphatic rings. The number of ether oxygens (including phenoxy) is 2. The Labute approximate surface area is 130 Å². The third kappa shape index (κ3) is 4.25. The first-order chi connectivity index (χ1) is 9.98. The molecule has 118 valence electrons. The predicted molar refractivity (Wildman–Crippen MR) is 81.9 cm³/mol. The summed E-state index contributed by atoms with van der Waals surface area (Å²) in [7, 11) is 1.48. The van der Waals surface area contributed by atoms with Crippen molar-refractivity contribution in [2.24, 2.45) is 0 Å². The number of carbonyl (C=O) groups excluding carboxylic acids is 1. The van der Waals surface area contributed by atoms with Crippen LogP contribution in [0.5, 0.6) is 11.5 Å². The smallest absolute Gasteiger partial charge is 0.263 e. The standard InChI is InChI=1S/C15H22ClNO4/c1-5-17(6-2)15(19)10(3)21-14-11(9-18)7-12(16)8-13(14)20-4/h7-8,10,18H,5-6,9H2,1-4H3. The predicted octanol–water partition coefficient (Wildman–Crippen LogP) is 2.48. The molecule has 1 atom stereocenters. The van der Waals surface area contributed by atoms with E-state index in [9.17, 15) is 9.90 Å². The molecule has 0 fully saturated rings. The van der Waals surface area contributed by atoms with Crippen molar-refractivity contribution in [2.45, 2.75) is 33.5 Å². The minimum Gasteiger partial charge on any atom is -0.493 e. The summed E-state index contributed by atoms with van der Waals surface area (Å²) >= 11 is 5.95. The Kier molecular flexibility index (Phi) is 6.78. The molecule has 0 radical (unpaired) electrons. The quantitative estimate of drug-likeness (QED) is 0.840. The summed E-state index contributed by atoms with van der Waals surface area (Å²) < 4.78 is 10.9. The summed E-state index contributed by atoms with van der Waals surface area (Å²) in [6.07, 6.45) is -0.676. The van der Waals surface area contributed by atoms with Gasteiger partial charge in [-0.05, 0) is 26.8 Å². The fourth-order valence-electron chi connectivity index (χ4n) is 2.05. The summed E-state index contributed by atoms with van der Waals surface area (Å²) in [5.74, 6) is 0.629. The van der Waals surface area contributed by atoms with Crippen LogP contribution in [0.15, 0.2) is 12.1 Å². The second kappa shape index (κ2) is 8.10. The van der Waals surface area contributed by atoms with E-state index < -0.39 is 6.10 Å². The Balaban J connectivity index is 3.03. The maximum absolute atomic E-state index is 12.2. The van der Waals surface area contributed by atoms with Gasteiger partial charge in [-0.1, -0.05) is 11.6 Å². The molecule has 21 heavy (non-hydrogen) atoms. The van der Waals surface area contributed by atoms with Gasteiger partial charge < -0.3 is 19.5 Å². The van der Waals surface area contributed by atoms with Gasteiger partial charge in [0.2, 0.25) is 0 Å². The molecule has 1 rings (SSSR count). The average Bonchev–Trinajstić information content (AvgIpc) is 2.49. The topological polar surface area (TPSA) is 59.0 Å². The Hall–Kier alpha value is -1.46. The first-order valence-corrected chi connectivity index (χ1v) is 7.28. The SMILES string of the molecule is CCN(CC)C(=O)C(C)Oc1c(CO)cc(Cl)cc1OC. The van der Waals surface area contributed by atoms with Crippen LogP contribution in [0.3, 0.4) is 0 Å². The van der Waals surface area contributed by atoms with E-state index in [0.29, 0.717) is 35.2 Å². The first kappa shape index (κ1) is 17.6. The van der Waals surface area contributed by atoms with Gasteiger partial charge in [0.1, 0.15) is 0 Å². The highest BCUT2D eigenvalue weighted by molar-refractivity contribution is 6.30. The van der Waals surface area contributed by atoms with Crippen LogP contribution in [0.1, 0.15) is 26.3 Å². The molecule has 1 aromatic carbocycles. The van der Waals surface area contributed by atoms with Gasteiger partial charge in [0.15, 0.2) is 17.6 Å². The summed E-state index contributed by atoms with van der Waals surface area (Å²) in [4.78, 5) is 13.9. The maximum atomic E-state index is 12.2. The zero-order valence-electron chi connectivity index (χ0n) is 12.9. The number of rotatable bonds is 7. The van der Waals surface area contributed by atoms with Gasteiger partial charge >= 0.3 is 0 Å². The van der Waals surface area contributed by atoms with Crippen LogP contribution < -0.4 is 9.47 Å². The Morgan fingerprint density at radius 2 is 2.00 bits per heavy atom. The van der Waals surface area contributed by atoms with E-state index in [4.69, 9.17) is 21.1 Å². The van der Waals surface area contributed by atoms with Crippen LogP contribution in [-0.4, -0.2) is 42.2 Å². The van der Waals surface area contributed by atoms with E-state index in [1.165, 1.54) is 7.11 Å². The number of benzene rings is 1. The van der Waals surface area contributed by atoms with Gasteiger partial charge in [0.25, 0.3) is 5.91 Å². The lowest BCUT2D eigenvalue weighted by Gasteiger charge is -2.25. The average molecular weight is 316 g/mol. The van der Waals surface area contributed by atoms with Crippen molar-refractivity contribution in [2.75, 3.05) is 20.2 Å².